The number of Topliss-reactive ketones (excluding diaryl/α,β-unsaturated/α-hetero) is 1. The molecular formula is C17H19NO6. The van der Waals surface area contributed by atoms with Crippen LogP contribution in [0, 0.1) is 0 Å². The molecule has 0 spiro atoms. The quantitative estimate of drug-likeness (QED) is 0.905. The van der Waals surface area contributed by atoms with E-state index in [1.54, 1.807) is 18.2 Å². The van der Waals surface area contributed by atoms with E-state index in [-0.39, 0.29) is 11.8 Å². The number of aliphatic hydroxyl groups excluding tert-OH is 1. The molecule has 1 unspecified atom stereocenters. The number of ketones is 1. The molecule has 0 saturated carbocycles. The van der Waals surface area contributed by atoms with E-state index in [9.17, 15) is 14.7 Å². The van der Waals surface area contributed by atoms with Crippen molar-refractivity contribution in [1.82, 2.24) is 4.90 Å². The lowest BCUT2D eigenvalue weighted by Crippen LogP contribution is -2.33. The molecular weight excluding hydrogens is 314 g/mol. The summed E-state index contributed by atoms with van der Waals surface area (Å²) in [5, 5.41) is 10.3. The molecule has 128 valence electrons. The summed E-state index contributed by atoms with van der Waals surface area (Å²) in [6.07, 6.45) is 1.03. The van der Waals surface area contributed by atoms with Crippen LogP contribution in [0.25, 0.3) is 0 Å². The van der Waals surface area contributed by atoms with Crippen molar-refractivity contribution < 1.29 is 28.9 Å². The zero-order valence-corrected chi connectivity index (χ0v) is 13.8. The molecule has 3 rings (SSSR count). The number of benzene rings is 1. The second kappa shape index (κ2) is 5.74. The number of rotatable bonds is 4. The van der Waals surface area contributed by atoms with Gasteiger partial charge in [0.25, 0.3) is 5.78 Å². The number of hydrogen-bond donors (Lipinski definition) is 1. The van der Waals surface area contributed by atoms with Crippen LogP contribution in [0.1, 0.15) is 25.3 Å². The smallest absolute Gasteiger partial charge is 0.250 e. The number of hydrogen-bond acceptors (Lipinski definition) is 6. The Balaban J connectivity index is 2.04. The van der Waals surface area contributed by atoms with Crippen molar-refractivity contribution in [3.63, 3.8) is 0 Å². The van der Waals surface area contributed by atoms with E-state index in [1.165, 1.54) is 26.0 Å². The van der Waals surface area contributed by atoms with E-state index in [0.29, 0.717) is 36.4 Å². The highest BCUT2D eigenvalue weighted by Gasteiger charge is 2.52. The fourth-order valence-corrected chi connectivity index (χ4v) is 3.02. The van der Waals surface area contributed by atoms with Crippen molar-refractivity contribution in [1.29, 1.82) is 0 Å². The average molecular weight is 333 g/mol. The predicted octanol–water partition coefficient (Wildman–Crippen LogP) is 1.87. The van der Waals surface area contributed by atoms with Crippen LogP contribution in [0.3, 0.4) is 0 Å². The van der Waals surface area contributed by atoms with Gasteiger partial charge >= 0.3 is 0 Å². The molecule has 1 saturated heterocycles. The Labute approximate surface area is 139 Å². The van der Waals surface area contributed by atoms with Crippen molar-refractivity contribution >= 4 is 11.7 Å². The summed E-state index contributed by atoms with van der Waals surface area (Å²) < 4.78 is 16.3. The molecule has 0 bridgehead atoms. The molecule has 2 aliphatic rings. The largest absolute Gasteiger partial charge is 0.501 e. The SMILES string of the molecule is COc1ccc(OC)c(C2(C)OC(N3CCCC3=O)=C(O)C2=O)c1. The standard InChI is InChI=1S/C17H19NO6/c1-17(11-9-10(22-2)6-7-12(11)23-3)15(21)14(20)16(24-17)18-8-4-5-13(18)19/h6-7,9,20H,4-5,8H2,1-3H3. The fourth-order valence-electron chi connectivity index (χ4n) is 3.02. The van der Waals surface area contributed by atoms with Gasteiger partial charge in [0.2, 0.25) is 23.2 Å². The summed E-state index contributed by atoms with van der Waals surface area (Å²) >= 11 is 0. The van der Waals surface area contributed by atoms with Gasteiger partial charge in [0.15, 0.2) is 0 Å². The maximum absolute atomic E-state index is 12.7. The molecule has 24 heavy (non-hydrogen) atoms. The second-order valence-corrected chi connectivity index (χ2v) is 5.83. The van der Waals surface area contributed by atoms with Crippen LogP contribution in [0.4, 0.5) is 0 Å². The van der Waals surface area contributed by atoms with E-state index in [0.717, 1.165) is 0 Å². The zero-order valence-electron chi connectivity index (χ0n) is 13.8. The van der Waals surface area contributed by atoms with E-state index < -0.39 is 17.1 Å². The predicted molar refractivity (Wildman–Crippen MR) is 83.6 cm³/mol. The van der Waals surface area contributed by atoms with Gasteiger partial charge in [-0.3, -0.25) is 14.5 Å². The molecule has 1 amide bonds. The Morgan fingerprint density at radius 1 is 1.25 bits per heavy atom. The zero-order chi connectivity index (χ0) is 17.5. The summed E-state index contributed by atoms with van der Waals surface area (Å²) in [4.78, 5) is 25.9. The number of carbonyl (C=O) groups is 2. The maximum Gasteiger partial charge on any atom is 0.250 e. The topological polar surface area (TPSA) is 85.3 Å². The van der Waals surface area contributed by atoms with Crippen LogP contribution in [0.15, 0.2) is 29.8 Å². The Bertz CT molecular complexity index is 741. The third kappa shape index (κ3) is 2.28. The van der Waals surface area contributed by atoms with Crippen molar-refractivity contribution in [2.75, 3.05) is 20.8 Å². The van der Waals surface area contributed by atoms with Gasteiger partial charge in [-0.05, 0) is 31.5 Å². The maximum atomic E-state index is 12.7. The number of amides is 1. The molecule has 1 fully saturated rings. The highest BCUT2D eigenvalue weighted by atomic mass is 16.5. The number of methoxy groups -OCH3 is 2. The van der Waals surface area contributed by atoms with Gasteiger partial charge in [-0.15, -0.1) is 0 Å². The van der Waals surface area contributed by atoms with Gasteiger partial charge in [0.1, 0.15) is 11.5 Å². The van der Waals surface area contributed by atoms with E-state index in [2.05, 4.69) is 0 Å². The first-order chi connectivity index (χ1) is 11.4. The highest BCUT2D eigenvalue weighted by Crippen LogP contribution is 2.44. The van der Waals surface area contributed by atoms with Crippen LogP contribution in [-0.2, 0) is 19.9 Å². The molecule has 7 nitrogen and oxygen atoms in total. The second-order valence-electron chi connectivity index (χ2n) is 5.83. The first kappa shape index (κ1) is 16.2. The van der Waals surface area contributed by atoms with Gasteiger partial charge in [-0.1, -0.05) is 0 Å². The van der Waals surface area contributed by atoms with Gasteiger partial charge in [-0.25, -0.2) is 0 Å². The van der Waals surface area contributed by atoms with Gasteiger partial charge in [-0.2, -0.15) is 0 Å². The molecule has 2 heterocycles. The van der Waals surface area contributed by atoms with Gasteiger partial charge < -0.3 is 19.3 Å². The van der Waals surface area contributed by atoms with E-state index in [4.69, 9.17) is 14.2 Å². The highest BCUT2D eigenvalue weighted by molar-refractivity contribution is 6.03. The van der Waals surface area contributed by atoms with Crippen LogP contribution < -0.4 is 9.47 Å². The van der Waals surface area contributed by atoms with Gasteiger partial charge in [0.05, 0.1) is 14.2 Å². The van der Waals surface area contributed by atoms with Crippen molar-refractivity contribution in [3.05, 3.63) is 35.4 Å². The molecule has 0 aromatic heterocycles. The third-order valence-corrected chi connectivity index (χ3v) is 4.39. The number of nitrogens with zero attached hydrogens (tertiary/aromatic N) is 1. The number of ether oxygens (including phenoxy) is 3. The van der Waals surface area contributed by atoms with E-state index >= 15 is 0 Å². The van der Waals surface area contributed by atoms with E-state index in [1.807, 2.05) is 0 Å². The Kier molecular flexibility index (Phi) is 3.87. The molecule has 1 aromatic rings. The summed E-state index contributed by atoms with van der Waals surface area (Å²) in [7, 11) is 2.99. The van der Waals surface area contributed by atoms with Crippen molar-refractivity contribution in [2.45, 2.75) is 25.4 Å². The lowest BCUT2D eigenvalue weighted by Gasteiger charge is -2.27. The molecule has 2 aliphatic heterocycles. The molecule has 7 heteroatoms. The lowest BCUT2D eigenvalue weighted by molar-refractivity contribution is -0.136. The summed E-state index contributed by atoms with van der Waals surface area (Å²) in [5.41, 5.74) is -1.08. The van der Waals surface area contributed by atoms with Crippen LogP contribution in [0.5, 0.6) is 11.5 Å². The number of carbonyl (C=O) groups excluding carboxylic acids is 2. The minimum atomic E-state index is -1.50. The Hall–Kier alpha value is -2.70. The first-order valence-electron chi connectivity index (χ1n) is 7.62. The fraction of sp³-hybridized carbons (Fsp3) is 0.412. The van der Waals surface area contributed by atoms with Crippen LogP contribution in [-0.4, -0.2) is 42.5 Å². The average Bonchev–Trinajstić information content (AvgIpc) is 3.11. The van der Waals surface area contributed by atoms with Gasteiger partial charge in [0, 0.05) is 18.5 Å². The molecule has 1 aromatic carbocycles. The summed E-state index contributed by atoms with van der Waals surface area (Å²) in [6, 6.07) is 4.98. The first-order valence-corrected chi connectivity index (χ1v) is 7.62. The Morgan fingerprint density at radius 2 is 2.00 bits per heavy atom. The summed E-state index contributed by atoms with van der Waals surface area (Å²) in [5.74, 6) is -0.482. The Morgan fingerprint density at radius 3 is 2.58 bits per heavy atom. The number of aliphatic hydroxyl groups is 1. The monoisotopic (exact) mass is 333 g/mol. The van der Waals surface area contributed by atoms with Crippen LogP contribution in [0.2, 0.25) is 0 Å². The summed E-state index contributed by atoms with van der Waals surface area (Å²) in [6.45, 7) is 1.95. The number of likely N-dealkylation sites (tertiary alicyclic amines) is 1. The molecule has 0 aliphatic carbocycles. The molecule has 0 radical (unpaired) electrons. The van der Waals surface area contributed by atoms with Crippen molar-refractivity contribution in [2.24, 2.45) is 0 Å². The van der Waals surface area contributed by atoms with Crippen molar-refractivity contribution in [3.8, 4) is 11.5 Å². The van der Waals surface area contributed by atoms with Crippen LogP contribution >= 0.6 is 0 Å². The minimum absolute atomic E-state index is 0.0881. The molecule has 1 atom stereocenters. The molecule has 1 N–H and O–H groups in total. The normalized spacial score (nSPS) is 23.7. The third-order valence-electron chi connectivity index (χ3n) is 4.39. The minimum Gasteiger partial charge on any atom is -0.501 e. The lowest BCUT2D eigenvalue weighted by atomic mass is 9.90.